The summed E-state index contributed by atoms with van der Waals surface area (Å²) in [5, 5.41) is 11.2. The zero-order valence-corrected chi connectivity index (χ0v) is 38.9. The zero-order valence-electron chi connectivity index (χ0n) is 38.9. The number of methoxy groups -OCH3 is 2. The second-order valence-corrected chi connectivity index (χ2v) is 16.2. The van der Waals surface area contributed by atoms with E-state index in [-0.39, 0.29) is 71.1 Å². The van der Waals surface area contributed by atoms with Crippen LogP contribution < -0.4 is 40.2 Å². The van der Waals surface area contributed by atoms with Gasteiger partial charge < -0.3 is 49.7 Å². The Morgan fingerprint density at radius 3 is 1.39 bits per heavy atom. The molecule has 6 aromatic rings. The maximum absolute atomic E-state index is 13.5. The van der Waals surface area contributed by atoms with E-state index in [9.17, 15) is 35.9 Å². The van der Waals surface area contributed by atoms with Gasteiger partial charge in [0.1, 0.15) is 36.3 Å². The Morgan fingerprint density at radius 1 is 0.583 bits per heavy atom. The number of ether oxygens (including phenoxy) is 6. The van der Waals surface area contributed by atoms with E-state index in [1.807, 2.05) is 0 Å². The summed E-state index contributed by atoms with van der Waals surface area (Å²) in [6.07, 6.45) is -0.0308. The minimum Gasteiger partial charge on any atom is -0.491 e. The third-order valence-electron chi connectivity index (χ3n) is 10.9. The van der Waals surface area contributed by atoms with Crippen molar-refractivity contribution in [2.45, 2.75) is 63.3 Å². The minimum absolute atomic E-state index is 0.00760. The summed E-state index contributed by atoms with van der Waals surface area (Å²) in [5.74, 6) is 0.161. The molecule has 0 unspecified atom stereocenters. The van der Waals surface area contributed by atoms with Gasteiger partial charge >= 0.3 is 12.4 Å². The highest BCUT2D eigenvalue weighted by atomic mass is 19.4. The summed E-state index contributed by atoms with van der Waals surface area (Å²) in [4.78, 5) is 42.6. The minimum atomic E-state index is -4.62. The average molecular weight is 1000 g/mol. The number of nitrogens with one attached hydrogen (secondary N) is 4. The molecule has 0 spiro atoms. The number of pyridine rings is 4. The summed E-state index contributed by atoms with van der Waals surface area (Å²) >= 11 is 0. The molecule has 8 rings (SSSR count). The molecule has 72 heavy (non-hydrogen) atoms. The molecule has 2 saturated heterocycles. The molecule has 380 valence electrons. The number of rotatable bonds is 18. The molecule has 0 aliphatic carbocycles. The van der Waals surface area contributed by atoms with Crippen LogP contribution in [0.4, 0.5) is 49.4 Å². The van der Waals surface area contributed by atoms with Crippen LogP contribution in [0.15, 0.2) is 110 Å². The van der Waals surface area contributed by atoms with Gasteiger partial charge in [0.05, 0.1) is 48.7 Å². The Bertz CT molecular complexity index is 2590. The first kappa shape index (κ1) is 52.1. The van der Waals surface area contributed by atoms with Crippen LogP contribution in [0.5, 0.6) is 23.3 Å². The Balaban J connectivity index is 0.000000211. The fraction of sp³-hybridized carbons (Fsp3) is 0.320. The van der Waals surface area contributed by atoms with Crippen LogP contribution in [-0.2, 0) is 34.9 Å². The molecule has 2 amide bonds. The molecular formula is C50H50F6N8O8. The molecule has 16 nitrogen and oxygen atoms in total. The number of halogens is 6. The van der Waals surface area contributed by atoms with Gasteiger partial charge in [-0.15, -0.1) is 0 Å². The fourth-order valence-corrected chi connectivity index (χ4v) is 7.34. The summed E-state index contributed by atoms with van der Waals surface area (Å²) in [5.41, 5.74) is 0.0411. The van der Waals surface area contributed by atoms with Gasteiger partial charge in [0.2, 0.25) is 11.8 Å². The summed E-state index contributed by atoms with van der Waals surface area (Å²) in [7, 11) is 3.01. The molecule has 22 heteroatoms. The molecule has 4 N–H and O–H groups in total. The first-order valence-electron chi connectivity index (χ1n) is 22.5. The van der Waals surface area contributed by atoms with Crippen LogP contribution in [0.1, 0.15) is 68.7 Å². The largest absolute Gasteiger partial charge is 0.491 e. The number of benzene rings is 2. The summed E-state index contributed by atoms with van der Waals surface area (Å²) in [6.45, 7) is 2.11. The first-order chi connectivity index (χ1) is 34.6. The highest BCUT2D eigenvalue weighted by Crippen LogP contribution is 2.36. The normalized spacial score (nSPS) is 15.4. The Hall–Kier alpha value is -7.72. The molecule has 2 aliphatic rings. The standard InChI is InChI=1S/2C25H25F3N4O4/c2*1-34-22-10-16(6-8-29-22)14-31-23-21(5-2-7-30-23)24(33)32-18-11-17(25(26,27)28)12-20(13-18)36-15-19-4-3-9-35-19/h2*2,5-8,10-13,19H,3-4,9,14-15H2,1H3,(H,30,31)(H,32,33)/t2*19-/m10/s1. The third-order valence-corrected chi connectivity index (χ3v) is 10.9. The van der Waals surface area contributed by atoms with E-state index in [1.54, 1.807) is 48.8 Å². The smallest absolute Gasteiger partial charge is 0.416 e. The number of aromatic nitrogens is 4. The maximum atomic E-state index is 13.5. The second kappa shape index (κ2) is 24.4. The Labute approximate surface area is 409 Å². The second-order valence-electron chi connectivity index (χ2n) is 16.2. The van der Waals surface area contributed by atoms with Crippen LogP contribution in [0, 0.1) is 0 Å². The van der Waals surface area contributed by atoms with Crippen molar-refractivity contribution in [3.05, 3.63) is 143 Å². The molecule has 2 atom stereocenters. The van der Waals surface area contributed by atoms with Gasteiger partial charge in [-0.25, -0.2) is 19.9 Å². The van der Waals surface area contributed by atoms with Gasteiger partial charge in [-0.2, -0.15) is 26.3 Å². The predicted octanol–water partition coefficient (Wildman–Crippen LogP) is 9.85. The van der Waals surface area contributed by atoms with Gasteiger partial charge in [-0.1, -0.05) is 0 Å². The number of hydrogen-bond donors (Lipinski definition) is 4. The molecule has 2 aromatic carbocycles. The van der Waals surface area contributed by atoms with Gasteiger partial charge in [0, 0.05) is 86.7 Å². The zero-order chi connectivity index (χ0) is 51.1. The number of carbonyl (C=O) groups is 2. The number of hydrogen-bond acceptors (Lipinski definition) is 14. The molecule has 0 radical (unpaired) electrons. The van der Waals surface area contributed by atoms with E-state index in [0.29, 0.717) is 38.1 Å². The van der Waals surface area contributed by atoms with Crippen molar-refractivity contribution in [2.24, 2.45) is 0 Å². The lowest BCUT2D eigenvalue weighted by Crippen LogP contribution is -2.18. The first-order valence-corrected chi connectivity index (χ1v) is 22.5. The van der Waals surface area contributed by atoms with Crippen LogP contribution in [0.25, 0.3) is 0 Å². The number of carbonyl (C=O) groups excluding carboxylic acids is 2. The molecule has 2 fully saturated rings. The van der Waals surface area contributed by atoms with Gasteiger partial charge in [-0.3, -0.25) is 9.59 Å². The van der Waals surface area contributed by atoms with E-state index in [2.05, 4.69) is 41.2 Å². The van der Waals surface area contributed by atoms with Gasteiger partial charge in [-0.05, 0) is 97.5 Å². The molecule has 4 aromatic heterocycles. The van der Waals surface area contributed by atoms with Crippen LogP contribution in [0.3, 0.4) is 0 Å². The highest BCUT2D eigenvalue weighted by molar-refractivity contribution is 6.08. The van der Waals surface area contributed by atoms with Crippen molar-refractivity contribution in [2.75, 3.05) is 61.9 Å². The van der Waals surface area contributed by atoms with Crippen molar-refractivity contribution >= 4 is 34.8 Å². The molecule has 6 heterocycles. The lowest BCUT2D eigenvalue weighted by Gasteiger charge is -2.16. The van der Waals surface area contributed by atoms with E-state index in [4.69, 9.17) is 28.4 Å². The molecular weight excluding hydrogens is 955 g/mol. The molecule has 2 aliphatic heterocycles. The maximum Gasteiger partial charge on any atom is 0.416 e. The van der Waals surface area contributed by atoms with Crippen molar-refractivity contribution in [3.63, 3.8) is 0 Å². The monoisotopic (exact) mass is 1000 g/mol. The van der Waals surface area contributed by atoms with Crippen LogP contribution in [-0.4, -0.2) is 84.6 Å². The predicted molar refractivity (Wildman–Crippen MR) is 252 cm³/mol. The lowest BCUT2D eigenvalue weighted by atomic mass is 10.1. The van der Waals surface area contributed by atoms with Gasteiger partial charge in [0.15, 0.2) is 0 Å². The number of amides is 2. The molecule has 0 saturated carbocycles. The molecule has 0 bridgehead atoms. The number of alkyl halides is 6. The fourth-order valence-electron chi connectivity index (χ4n) is 7.34. The van der Waals surface area contributed by atoms with E-state index < -0.39 is 35.3 Å². The lowest BCUT2D eigenvalue weighted by molar-refractivity contribution is -0.138. The van der Waals surface area contributed by atoms with Crippen molar-refractivity contribution in [1.82, 2.24) is 19.9 Å². The van der Waals surface area contributed by atoms with Crippen molar-refractivity contribution in [1.29, 1.82) is 0 Å². The highest BCUT2D eigenvalue weighted by Gasteiger charge is 2.33. The number of anilines is 4. The van der Waals surface area contributed by atoms with E-state index in [1.165, 1.54) is 50.9 Å². The summed E-state index contributed by atoms with van der Waals surface area (Å²) < 4.78 is 113. The Morgan fingerprint density at radius 2 is 1.01 bits per heavy atom. The van der Waals surface area contributed by atoms with Crippen LogP contribution >= 0.6 is 0 Å². The Kier molecular flexibility index (Phi) is 17.7. The quantitative estimate of drug-likeness (QED) is 0.0596. The van der Waals surface area contributed by atoms with Crippen molar-refractivity contribution < 1.29 is 64.4 Å². The number of nitrogens with zero attached hydrogens (tertiary/aromatic N) is 4. The van der Waals surface area contributed by atoms with E-state index >= 15 is 0 Å². The van der Waals surface area contributed by atoms with Gasteiger partial charge in [0.25, 0.3) is 11.8 Å². The average Bonchev–Trinajstić information content (AvgIpc) is 4.12. The topological polar surface area (TPSA) is 189 Å². The van der Waals surface area contributed by atoms with Crippen LogP contribution in [0.2, 0.25) is 0 Å². The summed E-state index contributed by atoms with van der Waals surface area (Å²) in [6, 6.07) is 19.5. The SMILES string of the molecule is COc1cc(CNc2ncccc2C(=O)Nc2cc(OC[C@@H]3CCCO3)cc(C(F)(F)F)c2)ccn1.COc1cc(CNc2ncccc2C(=O)Nc2cc(OC[C@H]3CCCO3)cc(C(F)(F)F)c2)ccn1. The van der Waals surface area contributed by atoms with E-state index in [0.717, 1.165) is 61.1 Å². The van der Waals surface area contributed by atoms with Crippen molar-refractivity contribution in [3.8, 4) is 23.3 Å². The third kappa shape index (κ3) is 15.1.